The first-order chi connectivity index (χ1) is 12.2. The highest BCUT2D eigenvalue weighted by atomic mass is 32.1. The molecule has 0 radical (unpaired) electrons. The number of fused-ring (bicyclic) bond motifs is 1. The minimum atomic E-state index is -0.275. The summed E-state index contributed by atoms with van der Waals surface area (Å²) in [5.74, 6) is 0.150. The van der Waals surface area contributed by atoms with E-state index in [0.29, 0.717) is 0 Å². The number of hydrogen-bond acceptors (Lipinski definition) is 5. The van der Waals surface area contributed by atoms with Crippen LogP contribution in [0.25, 0.3) is 16.2 Å². The van der Waals surface area contributed by atoms with Crippen LogP contribution in [0.3, 0.4) is 0 Å². The molecule has 1 atom stereocenters. The van der Waals surface area contributed by atoms with Crippen LogP contribution in [0.1, 0.15) is 26.2 Å². The number of nitrogens with zero attached hydrogens (tertiary/aromatic N) is 4. The third kappa shape index (κ3) is 3.37. The standard InChI is InChI=1S/C18H21N5OS/c1-13(16(24)22-10-6-3-7-11-22)19-17-21-23-12-15(20-18(23)25-17)14-8-4-2-5-9-14/h2,4-5,8-9,12-13H,3,6-7,10-11H2,1H3,(H,19,21)/t13-/m1/s1. The zero-order chi connectivity index (χ0) is 17.2. The van der Waals surface area contributed by atoms with Crippen LogP contribution in [0.2, 0.25) is 0 Å². The Morgan fingerprint density at radius 1 is 1.20 bits per heavy atom. The number of carbonyl (C=O) groups excluding carboxylic acids is 1. The SMILES string of the molecule is C[C@@H](Nc1nn2cc(-c3ccccc3)nc2s1)C(=O)N1CCCCC1. The summed E-state index contributed by atoms with van der Waals surface area (Å²) < 4.78 is 1.77. The smallest absolute Gasteiger partial charge is 0.244 e. The predicted octanol–water partition coefficient (Wildman–Crippen LogP) is 3.27. The van der Waals surface area contributed by atoms with Crippen LogP contribution in [0.4, 0.5) is 5.13 Å². The van der Waals surface area contributed by atoms with Crippen molar-refractivity contribution >= 4 is 27.3 Å². The van der Waals surface area contributed by atoms with Crippen LogP contribution in [0, 0.1) is 0 Å². The number of benzene rings is 1. The van der Waals surface area contributed by atoms with Crippen LogP contribution in [0.5, 0.6) is 0 Å². The second kappa shape index (κ2) is 6.84. The Morgan fingerprint density at radius 3 is 2.68 bits per heavy atom. The number of likely N-dealkylation sites (tertiary alicyclic amines) is 1. The Morgan fingerprint density at radius 2 is 1.96 bits per heavy atom. The number of nitrogens with one attached hydrogen (secondary N) is 1. The van der Waals surface area contributed by atoms with Gasteiger partial charge in [-0.05, 0) is 26.2 Å². The van der Waals surface area contributed by atoms with Gasteiger partial charge in [-0.15, -0.1) is 5.10 Å². The normalized spacial score (nSPS) is 16.1. The summed E-state index contributed by atoms with van der Waals surface area (Å²) in [6.07, 6.45) is 5.35. The van der Waals surface area contributed by atoms with Gasteiger partial charge in [0.15, 0.2) is 0 Å². The monoisotopic (exact) mass is 355 g/mol. The molecule has 1 aliphatic heterocycles. The maximum atomic E-state index is 12.5. The van der Waals surface area contributed by atoms with Gasteiger partial charge < -0.3 is 10.2 Å². The van der Waals surface area contributed by atoms with Crippen LogP contribution in [-0.2, 0) is 4.79 Å². The van der Waals surface area contributed by atoms with E-state index in [9.17, 15) is 4.79 Å². The molecule has 3 heterocycles. The van der Waals surface area contributed by atoms with E-state index < -0.39 is 0 Å². The number of carbonyl (C=O) groups is 1. The van der Waals surface area contributed by atoms with Gasteiger partial charge in [-0.2, -0.15) is 0 Å². The van der Waals surface area contributed by atoms with Crippen LogP contribution >= 0.6 is 11.3 Å². The first-order valence-electron chi connectivity index (χ1n) is 8.68. The van der Waals surface area contributed by atoms with E-state index in [1.165, 1.54) is 17.8 Å². The lowest BCUT2D eigenvalue weighted by atomic mass is 10.1. The predicted molar refractivity (Wildman–Crippen MR) is 99.8 cm³/mol. The summed E-state index contributed by atoms with van der Waals surface area (Å²) in [4.78, 5) is 19.9. The van der Waals surface area contributed by atoms with E-state index in [1.54, 1.807) is 4.52 Å². The minimum Gasteiger partial charge on any atom is -0.349 e. The van der Waals surface area contributed by atoms with Gasteiger partial charge in [-0.1, -0.05) is 41.7 Å². The molecule has 0 spiro atoms. The Labute approximate surface area is 150 Å². The van der Waals surface area contributed by atoms with E-state index >= 15 is 0 Å². The molecule has 3 aromatic rings. The van der Waals surface area contributed by atoms with Crippen molar-refractivity contribution in [2.24, 2.45) is 0 Å². The highest BCUT2D eigenvalue weighted by molar-refractivity contribution is 7.20. The molecular weight excluding hydrogens is 334 g/mol. The van der Waals surface area contributed by atoms with E-state index in [1.807, 2.05) is 48.4 Å². The fraction of sp³-hybridized carbons (Fsp3) is 0.389. The molecule has 0 aliphatic carbocycles. The first-order valence-corrected chi connectivity index (χ1v) is 9.49. The number of rotatable bonds is 4. The van der Waals surface area contributed by atoms with Gasteiger partial charge in [-0.3, -0.25) is 4.79 Å². The summed E-state index contributed by atoms with van der Waals surface area (Å²) in [7, 11) is 0. The van der Waals surface area contributed by atoms with E-state index in [-0.39, 0.29) is 11.9 Å². The Kier molecular flexibility index (Phi) is 4.40. The zero-order valence-electron chi connectivity index (χ0n) is 14.2. The number of imidazole rings is 1. The van der Waals surface area contributed by atoms with Crippen molar-refractivity contribution in [1.29, 1.82) is 0 Å². The lowest BCUT2D eigenvalue weighted by Gasteiger charge is -2.29. The molecule has 1 fully saturated rings. The van der Waals surface area contributed by atoms with Crippen molar-refractivity contribution in [2.45, 2.75) is 32.2 Å². The van der Waals surface area contributed by atoms with Crippen LogP contribution in [-0.4, -0.2) is 44.5 Å². The molecule has 0 unspecified atom stereocenters. The summed E-state index contributed by atoms with van der Waals surface area (Å²) in [5, 5.41) is 8.47. The third-order valence-electron chi connectivity index (χ3n) is 4.49. The molecule has 130 valence electrons. The summed E-state index contributed by atoms with van der Waals surface area (Å²) in [6.45, 7) is 3.63. The van der Waals surface area contributed by atoms with Crippen molar-refractivity contribution in [3.8, 4) is 11.3 Å². The number of amides is 1. The fourth-order valence-electron chi connectivity index (χ4n) is 3.14. The Hall–Kier alpha value is -2.41. The number of hydrogen-bond donors (Lipinski definition) is 1. The van der Waals surface area contributed by atoms with Gasteiger partial charge in [0.25, 0.3) is 0 Å². The summed E-state index contributed by atoms with van der Waals surface area (Å²) in [6, 6.07) is 9.77. The summed E-state index contributed by atoms with van der Waals surface area (Å²) in [5.41, 5.74) is 1.98. The second-order valence-corrected chi connectivity index (χ2v) is 7.33. The van der Waals surface area contributed by atoms with Crippen molar-refractivity contribution in [3.05, 3.63) is 36.5 Å². The average Bonchev–Trinajstić information content (AvgIpc) is 3.21. The number of piperidine rings is 1. The van der Waals surface area contributed by atoms with E-state index in [2.05, 4.69) is 15.4 Å². The number of anilines is 1. The highest BCUT2D eigenvalue weighted by Gasteiger charge is 2.23. The zero-order valence-corrected chi connectivity index (χ0v) is 15.0. The maximum absolute atomic E-state index is 12.5. The van der Waals surface area contributed by atoms with Crippen LogP contribution < -0.4 is 5.32 Å². The Balaban J connectivity index is 1.47. The largest absolute Gasteiger partial charge is 0.349 e. The van der Waals surface area contributed by atoms with Gasteiger partial charge in [0.05, 0.1) is 11.9 Å². The average molecular weight is 355 g/mol. The van der Waals surface area contributed by atoms with Crippen molar-refractivity contribution in [3.63, 3.8) is 0 Å². The molecule has 1 amide bonds. The van der Waals surface area contributed by atoms with E-state index in [0.717, 1.165) is 47.3 Å². The van der Waals surface area contributed by atoms with Crippen molar-refractivity contribution < 1.29 is 4.79 Å². The lowest BCUT2D eigenvalue weighted by molar-refractivity contribution is -0.132. The molecular formula is C18H21N5OS. The molecule has 0 bridgehead atoms. The van der Waals surface area contributed by atoms with E-state index in [4.69, 9.17) is 0 Å². The molecule has 1 saturated heterocycles. The molecule has 0 saturated carbocycles. The molecule has 1 aliphatic rings. The van der Waals surface area contributed by atoms with Gasteiger partial charge in [0, 0.05) is 18.7 Å². The highest BCUT2D eigenvalue weighted by Crippen LogP contribution is 2.25. The Bertz CT molecular complexity index is 835. The molecule has 1 N–H and O–H groups in total. The topological polar surface area (TPSA) is 62.5 Å². The lowest BCUT2D eigenvalue weighted by Crippen LogP contribution is -2.43. The quantitative estimate of drug-likeness (QED) is 0.780. The van der Waals surface area contributed by atoms with Crippen LogP contribution in [0.15, 0.2) is 36.5 Å². The van der Waals surface area contributed by atoms with Gasteiger partial charge in [-0.25, -0.2) is 9.50 Å². The molecule has 4 rings (SSSR count). The first kappa shape index (κ1) is 16.1. The molecule has 7 heteroatoms. The minimum absolute atomic E-state index is 0.150. The molecule has 25 heavy (non-hydrogen) atoms. The molecule has 1 aromatic carbocycles. The van der Waals surface area contributed by atoms with Gasteiger partial charge in [0.2, 0.25) is 16.0 Å². The van der Waals surface area contributed by atoms with Gasteiger partial charge in [0.1, 0.15) is 6.04 Å². The number of aromatic nitrogens is 3. The molecule has 6 nitrogen and oxygen atoms in total. The fourth-order valence-corrected chi connectivity index (χ4v) is 4.01. The van der Waals surface area contributed by atoms with Gasteiger partial charge >= 0.3 is 0 Å². The third-order valence-corrected chi connectivity index (χ3v) is 5.34. The second-order valence-electron chi connectivity index (χ2n) is 6.38. The van der Waals surface area contributed by atoms with Crippen molar-refractivity contribution in [1.82, 2.24) is 19.5 Å². The summed E-state index contributed by atoms with van der Waals surface area (Å²) >= 11 is 1.46. The maximum Gasteiger partial charge on any atom is 0.244 e. The molecule has 2 aromatic heterocycles. The van der Waals surface area contributed by atoms with Crippen molar-refractivity contribution in [2.75, 3.05) is 18.4 Å².